The first kappa shape index (κ1) is 17.3. The van der Waals surface area contributed by atoms with Crippen molar-refractivity contribution >= 4 is 16.7 Å². The Balaban J connectivity index is 1.57. The highest BCUT2D eigenvalue weighted by atomic mass is 16.5. The molecule has 0 radical (unpaired) electrons. The van der Waals surface area contributed by atoms with Crippen molar-refractivity contribution in [3.8, 4) is 11.5 Å². The van der Waals surface area contributed by atoms with Crippen LogP contribution in [0.4, 0.5) is 0 Å². The summed E-state index contributed by atoms with van der Waals surface area (Å²) in [6.07, 6.45) is 2.57. The number of hydrogen-bond acceptors (Lipinski definition) is 5. The minimum Gasteiger partial charge on any atom is -0.505 e. The number of rotatable bonds is 3. The fourth-order valence-corrected chi connectivity index (χ4v) is 3.34. The number of amides is 1. The van der Waals surface area contributed by atoms with Gasteiger partial charge in [-0.1, -0.05) is 18.2 Å². The smallest absolute Gasteiger partial charge is 0.257 e. The van der Waals surface area contributed by atoms with E-state index < -0.39 is 0 Å². The number of nitrogens with zero attached hydrogens (tertiary/aromatic N) is 2. The van der Waals surface area contributed by atoms with Crippen LogP contribution in [-0.4, -0.2) is 47.7 Å². The number of pyridine rings is 1. The molecule has 0 aliphatic carbocycles. The number of morpholine rings is 1. The Morgan fingerprint density at radius 2 is 2.04 bits per heavy atom. The van der Waals surface area contributed by atoms with Crippen LogP contribution in [0.1, 0.15) is 22.0 Å². The fraction of sp³-hybridized carbons (Fsp3) is 0.238. The SMILES string of the molecule is COc1ccc2cc([C@H]3CN(C(=O)c4ccncc4O)CCO3)ccc2c1. The molecule has 2 heterocycles. The second-order valence-corrected chi connectivity index (χ2v) is 6.48. The van der Waals surface area contributed by atoms with Crippen molar-refractivity contribution in [2.75, 3.05) is 26.8 Å². The van der Waals surface area contributed by atoms with Crippen molar-refractivity contribution in [3.05, 3.63) is 66.0 Å². The van der Waals surface area contributed by atoms with Crippen molar-refractivity contribution in [2.45, 2.75) is 6.10 Å². The molecule has 0 unspecified atom stereocenters. The Bertz CT molecular complexity index is 989. The van der Waals surface area contributed by atoms with Gasteiger partial charge in [0.2, 0.25) is 0 Å². The zero-order valence-electron chi connectivity index (χ0n) is 15.0. The molecule has 1 saturated heterocycles. The van der Waals surface area contributed by atoms with Gasteiger partial charge >= 0.3 is 0 Å². The quantitative estimate of drug-likeness (QED) is 0.773. The molecular formula is C21H20N2O4. The lowest BCUT2D eigenvalue weighted by Crippen LogP contribution is -2.42. The van der Waals surface area contributed by atoms with E-state index >= 15 is 0 Å². The van der Waals surface area contributed by atoms with E-state index in [4.69, 9.17) is 9.47 Å². The van der Waals surface area contributed by atoms with Gasteiger partial charge in [-0.3, -0.25) is 9.78 Å². The molecule has 1 aromatic heterocycles. The van der Waals surface area contributed by atoms with Crippen LogP contribution in [0.5, 0.6) is 11.5 Å². The van der Waals surface area contributed by atoms with Gasteiger partial charge in [0.25, 0.3) is 5.91 Å². The summed E-state index contributed by atoms with van der Waals surface area (Å²) in [7, 11) is 1.65. The molecule has 1 fully saturated rings. The van der Waals surface area contributed by atoms with Crippen LogP contribution >= 0.6 is 0 Å². The van der Waals surface area contributed by atoms with Crippen LogP contribution in [0.2, 0.25) is 0 Å². The van der Waals surface area contributed by atoms with Crippen molar-refractivity contribution in [2.24, 2.45) is 0 Å². The lowest BCUT2D eigenvalue weighted by Gasteiger charge is -2.33. The molecule has 1 N–H and O–H groups in total. The average Bonchev–Trinajstić information content (AvgIpc) is 2.73. The molecule has 3 aromatic rings. The summed E-state index contributed by atoms with van der Waals surface area (Å²) >= 11 is 0. The summed E-state index contributed by atoms with van der Waals surface area (Å²) in [5.41, 5.74) is 1.28. The predicted molar refractivity (Wildman–Crippen MR) is 101 cm³/mol. The van der Waals surface area contributed by atoms with E-state index in [0.717, 1.165) is 22.1 Å². The Labute approximate surface area is 157 Å². The monoisotopic (exact) mass is 364 g/mol. The van der Waals surface area contributed by atoms with Crippen molar-refractivity contribution in [1.29, 1.82) is 0 Å². The normalized spacial score (nSPS) is 17.1. The van der Waals surface area contributed by atoms with Gasteiger partial charge in [-0.05, 0) is 40.6 Å². The number of aromatic nitrogens is 1. The van der Waals surface area contributed by atoms with E-state index in [2.05, 4.69) is 11.1 Å². The first-order valence-electron chi connectivity index (χ1n) is 8.77. The number of fused-ring (bicyclic) bond motifs is 1. The van der Waals surface area contributed by atoms with Crippen LogP contribution in [0.25, 0.3) is 10.8 Å². The molecule has 2 aromatic carbocycles. The van der Waals surface area contributed by atoms with Gasteiger partial charge in [0.05, 0.1) is 32.0 Å². The summed E-state index contributed by atoms with van der Waals surface area (Å²) < 4.78 is 11.2. The number of benzene rings is 2. The first-order valence-corrected chi connectivity index (χ1v) is 8.77. The molecular weight excluding hydrogens is 344 g/mol. The van der Waals surface area contributed by atoms with E-state index in [1.165, 1.54) is 18.5 Å². The van der Waals surface area contributed by atoms with E-state index in [1.807, 2.05) is 30.3 Å². The summed E-state index contributed by atoms with van der Waals surface area (Å²) in [6, 6.07) is 13.6. The summed E-state index contributed by atoms with van der Waals surface area (Å²) in [5, 5.41) is 12.1. The molecule has 0 bridgehead atoms. The van der Waals surface area contributed by atoms with Crippen LogP contribution < -0.4 is 4.74 Å². The molecule has 6 nitrogen and oxygen atoms in total. The second-order valence-electron chi connectivity index (χ2n) is 6.48. The second kappa shape index (κ2) is 7.25. The van der Waals surface area contributed by atoms with Crippen molar-refractivity contribution in [1.82, 2.24) is 9.88 Å². The van der Waals surface area contributed by atoms with Crippen LogP contribution in [0.3, 0.4) is 0 Å². The molecule has 6 heteroatoms. The Hall–Kier alpha value is -3.12. The lowest BCUT2D eigenvalue weighted by atomic mass is 10.0. The Morgan fingerprint density at radius 3 is 2.85 bits per heavy atom. The van der Waals surface area contributed by atoms with Gasteiger partial charge < -0.3 is 19.5 Å². The zero-order valence-corrected chi connectivity index (χ0v) is 15.0. The van der Waals surface area contributed by atoms with Crippen LogP contribution in [0.15, 0.2) is 54.9 Å². The highest BCUT2D eigenvalue weighted by Gasteiger charge is 2.27. The number of methoxy groups -OCH3 is 1. The zero-order chi connectivity index (χ0) is 18.8. The molecule has 0 spiro atoms. The van der Waals surface area contributed by atoms with Crippen molar-refractivity contribution in [3.63, 3.8) is 0 Å². The molecule has 27 heavy (non-hydrogen) atoms. The minimum absolute atomic E-state index is 0.106. The predicted octanol–water partition coefficient (Wildman–Crippen LogP) is 3.16. The lowest BCUT2D eigenvalue weighted by molar-refractivity contribution is -0.0228. The van der Waals surface area contributed by atoms with Crippen LogP contribution in [0, 0.1) is 0 Å². The number of hydrogen-bond donors (Lipinski definition) is 1. The number of aromatic hydroxyl groups is 1. The maximum Gasteiger partial charge on any atom is 0.257 e. The third kappa shape index (κ3) is 3.44. The van der Waals surface area contributed by atoms with Gasteiger partial charge in [-0.25, -0.2) is 0 Å². The molecule has 1 aliphatic rings. The third-order valence-electron chi connectivity index (χ3n) is 4.83. The standard InChI is InChI=1S/C21H20N2O4/c1-26-17-5-4-14-10-16(3-2-15(14)11-17)20-13-23(8-9-27-20)21(25)18-6-7-22-12-19(18)24/h2-7,10-12,20,24H,8-9,13H2,1H3/t20-/m1/s1. The van der Waals surface area contributed by atoms with Gasteiger partial charge in [0.15, 0.2) is 0 Å². The highest BCUT2D eigenvalue weighted by Crippen LogP contribution is 2.29. The van der Waals surface area contributed by atoms with E-state index in [9.17, 15) is 9.90 Å². The number of ether oxygens (including phenoxy) is 2. The Kier molecular flexibility index (Phi) is 4.64. The number of carbonyl (C=O) groups is 1. The summed E-state index contributed by atoms with van der Waals surface area (Å²) in [6.45, 7) is 1.37. The highest BCUT2D eigenvalue weighted by molar-refractivity contribution is 5.96. The van der Waals surface area contributed by atoms with Gasteiger partial charge in [0, 0.05) is 12.7 Å². The van der Waals surface area contributed by atoms with Gasteiger partial charge in [-0.2, -0.15) is 0 Å². The topological polar surface area (TPSA) is 71.9 Å². The number of carbonyl (C=O) groups excluding carboxylic acids is 1. The third-order valence-corrected chi connectivity index (χ3v) is 4.83. The average molecular weight is 364 g/mol. The maximum atomic E-state index is 12.7. The molecule has 0 saturated carbocycles. The minimum atomic E-state index is -0.214. The molecule has 4 rings (SSSR count). The fourth-order valence-electron chi connectivity index (χ4n) is 3.34. The Morgan fingerprint density at radius 1 is 1.22 bits per heavy atom. The maximum absolute atomic E-state index is 12.7. The summed E-state index contributed by atoms with van der Waals surface area (Å²) in [5.74, 6) is 0.497. The van der Waals surface area contributed by atoms with E-state index in [-0.39, 0.29) is 23.3 Å². The molecule has 1 amide bonds. The largest absolute Gasteiger partial charge is 0.505 e. The van der Waals surface area contributed by atoms with Crippen molar-refractivity contribution < 1.29 is 19.4 Å². The van der Waals surface area contributed by atoms with E-state index in [1.54, 1.807) is 12.0 Å². The first-order chi connectivity index (χ1) is 13.2. The van der Waals surface area contributed by atoms with Crippen LogP contribution in [-0.2, 0) is 4.74 Å². The summed E-state index contributed by atoms with van der Waals surface area (Å²) in [4.78, 5) is 18.3. The molecule has 138 valence electrons. The van der Waals surface area contributed by atoms with Gasteiger partial charge in [-0.15, -0.1) is 0 Å². The van der Waals surface area contributed by atoms with Gasteiger partial charge in [0.1, 0.15) is 17.6 Å². The molecule has 1 atom stereocenters. The van der Waals surface area contributed by atoms with E-state index in [0.29, 0.717) is 19.7 Å². The molecule has 1 aliphatic heterocycles.